The lowest BCUT2D eigenvalue weighted by atomic mass is 10.0. The summed E-state index contributed by atoms with van der Waals surface area (Å²) < 4.78 is 18.5. The molecule has 7 heteroatoms. The Morgan fingerprint density at radius 2 is 1.92 bits per heavy atom. The molecule has 2 rings (SSSR count). The van der Waals surface area contributed by atoms with Crippen LogP contribution in [-0.4, -0.2) is 25.5 Å². The number of ether oxygens (including phenoxy) is 1. The largest absolute Gasteiger partial charge is 0.375 e. The minimum atomic E-state index is -0.873. The highest BCUT2D eigenvalue weighted by molar-refractivity contribution is 6.39. The number of hydrogen-bond acceptors (Lipinski definition) is 3. The molecule has 0 heterocycles. The number of halogens is 2. The van der Waals surface area contributed by atoms with Crippen molar-refractivity contribution in [1.82, 2.24) is 5.32 Å². The van der Waals surface area contributed by atoms with Gasteiger partial charge >= 0.3 is 11.8 Å². The second-order valence-electron chi connectivity index (χ2n) is 5.37. The predicted octanol–water partition coefficient (Wildman–Crippen LogP) is 3.23. The fourth-order valence-corrected chi connectivity index (χ4v) is 2.48. The van der Waals surface area contributed by atoms with E-state index in [-0.39, 0.29) is 23.4 Å². The standard InChI is InChI=1S/C18H18ClFN2O3/c1-11-5-3-4-6-13(11)16(25-2)10-21-17(23)18(24)22-12-7-8-15(20)14(19)9-12/h3-9,16H,10H2,1-2H3,(H,21,23)(H,22,24)/t16-/m1/s1. The molecule has 0 saturated carbocycles. The normalized spacial score (nSPS) is 11.7. The highest BCUT2D eigenvalue weighted by Crippen LogP contribution is 2.20. The number of carbonyl (C=O) groups excluding carboxylic acids is 2. The first-order chi connectivity index (χ1) is 11.9. The van der Waals surface area contributed by atoms with E-state index < -0.39 is 17.6 Å². The molecule has 5 nitrogen and oxygen atoms in total. The molecule has 0 saturated heterocycles. The van der Waals surface area contributed by atoms with Crippen LogP contribution in [0, 0.1) is 12.7 Å². The summed E-state index contributed by atoms with van der Waals surface area (Å²) in [6.07, 6.45) is -0.377. The Kier molecular flexibility index (Phi) is 6.50. The Hall–Kier alpha value is -2.44. The third kappa shape index (κ3) is 5.01. The zero-order valence-corrected chi connectivity index (χ0v) is 14.6. The molecule has 1 atom stereocenters. The van der Waals surface area contributed by atoms with Crippen molar-refractivity contribution in [1.29, 1.82) is 0 Å². The van der Waals surface area contributed by atoms with Gasteiger partial charge in [0.25, 0.3) is 0 Å². The lowest BCUT2D eigenvalue weighted by molar-refractivity contribution is -0.136. The van der Waals surface area contributed by atoms with Crippen molar-refractivity contribution in [2.24, 2.45) is 0 Å². The zero-order valence-electron chi connectivity index (χ0n) is 13.8. The van der Waals surface area contributed by atoms with Crippen LogP contribution in [0.1, 0.15) is 17.2 Å². The Labute approximate surface area is 150 Å². The van der Waals surface area contributed by atoms with E-state index in [1.807, 2.05) is 31.2 Å². The van der Waals surface area contributed by atoms with E-state index in [0.717, 1.165) is 17.2 Å². The fourth-order valence-electron chi connectivity index (χ4n) is 2.30. The number of amides is 2. The van der Waals surface area contributed by atoms with Gasteiger partial charge < -0.3 is 15.4 Å². The molecular formula is C18H18ClFN2O3. The van der Waals surface area contributed by atoms with Gasteiger partial charge in [-0.1, -0.05) is 35.9 Å². The minimum absolute atomic E-state index is 0.137. The van der Waals surface area contributed by atoms with Gasteiger partial charge in [-0.05, 0) is 36.2 Å². The summed E-state index contributed by atoms with van der Waals surface area (Å²) >= 11 is 5.64. The zero-order chi connectivity index (χ0) is 18.4. The van der Waals surface area contributed by atoms with Gasteiger partial charge in [0, 0.05) is 19.3 Å². The minimum Gasteiger partial charge on any atom is -0.375 e. The van der Waals surface area contributed by atoms with Crippen LogP contribution in [0.15, 0.2) is 42.5 Å². The van der Waals surface area contributed by atoms with Gasteiger partial charge in [0.15, 0.2) is 0 Å². The summed E-state index contributed by atoms with van der Waals surface area (Å²) in [6, 6.07) is 11.3. The molecule has 0 fully saturated rings. The molecule has 0 aromatic heterocycles. The molecule has 25 heavy (non-hydrogen) atoms. The second-order valence-corrected chi connectivity index (χ2v) is 5.78. The third-order valence-electron chi connectivity index (χ3n) is 3.65. The van der Waals surface area contributed by atoms with Crippen LogP contribution < -0.4 is 10.6 Å². The summed E-state index contributed by atoms with van der Waals surface area (Å²) in [5, 5.41) is 4.74. The number of aryl methyl sites for hydroxylation is 1. The molecule has 2 amide bonds. The number of anilines is 1. The van der Waals surface area contributed by atoms with Crippen LogP contribution in [0.5, 0.6) is 0 Å². The molecule has 0 spiro atoms. The van der Waals surface area contributed by atoms with Crippen LogP contribution >= 0.6 is 11.6 Å². The lowest BCUT2D eigenvalue weighted by Gasteiger charge is -2.18. The number of hydrogen-bond donors (Lipinski definition) is 2. The highest BCUT2D eigenvalue weighted by atomic mass is 35.5. The molecule has 0 radical (unpaired) electrons. The van der Waals surface area contributed by atoms with Crippen LogP contribution in [0.2, 0.25) is 5.02 Å². The summed E-state index contributed by atoms with van der Waals surface area (Å²) in [7, 11) is 1.53. The Balaban J connectivity index is 1.95. The average molecular weight is 365 g/mol. The summed E-state index contributed by atoms with van der Waals surface area (Å²) in [6.45, 7) is 2.08. The van der Waals surface area contributed by atoms with Crippen molar-refractivity contribution < 1.29 is 18.7 Å². The van der Waals surface area contributed by atoms with Gasteiger partial charge in [0.05, 0.1) is 11.1 Å². The average Bonchev–Trinajstić information content (AvgIpc) is 2.59. The quantitative estimate of drug-likeness (QED) is 0.800. The van der Waals surface area contributed by atoms with Gasteiger partial charge in [-0.2, -0.15) is 0 Å². The molecule has 2 aromatic carbocycles. The maximum atomic E-state index is 13.1. The molecule has 0 bridgehead atoms. The SMILES string of the molecule is CO[C@H](CNC(=O)C(=O)Nc1ccc(F)c(Cl)c1)c1ccccc1C. The van der Waals surface area contributed by atoms with Crippen LogP contribution in [0.25, 0.3) is 0 Å². The maximum absolute atomic E-state index is 13.1. The molecule has 0 unspecified atom stereocenters. The van der Waals surface area contributed by atoms with Gasteiger partial charge in [-0.15, -0.1) is 0 Å². The van der Waals surface area contributed by atoms with E-state index in [9.17, 15) is 14.0 Å². The van der Waals surface area contributed by atoms with Crippen LogP contribution in [0.3, 0.4) is 0 Å². The van der Waals surface area contributed by atoms with Gasteiger partial charge in [0.2, 0.25) is 0 Å². The molecule has 2 aromatic rings. The maximum Gasteiger partial charge on any atom is 0.313 e. The van der Waals surface area contributed by atoms with E-state index >= 15 is 0 Å². The van der Waals surface area contributed by atoms with E-state index in [0.29, 0.717) is 0 Å². The fraction of sp³-hybridized carbons (Fsp3) is 0.222. The van der Waals surface area contributed by atoms with Gasteiger partial charge in [0.1, 0.15) is 5.82 Å². The summed E-state index contributed by atoms with van der Waals surface area (Å²) in [5.74, 6) is -2.30. The smallest absolute Gasteiger partial charge is 0.313 e. The van der Waals surface area contributed by atoms with E-state index in [2.05, 4.69) is 10.6 Å². The Morgan fingerprint density at radius 1 is 1.20 bits per heavy atom. The molecule has 0 aliphatic carbocycles. The number of carbonyl (C=O) groups is 2. The molecule has 2 N–H and O–H groups in total. The number of methoxy groups -OCH3 is 1. The van der Waals surface area contributed by atoms with E-state index in [1.165, 1.54) is 19.2 Å². The lowest BCUT2D eigenvalue weighted by Crippen LogP contribution is -2.38. The topological polar surface area (TPSA) is 67.4 Å². The molecule has 132 valence electrons. The van der Waals surface area contributed by atoms with Crippen molar-refractivity contribution >= 4 is 29.1 Å². The molecule has 0 aliphatic rings. The third-order valence-corrected chi connectivity index (χ3v) is 3.94. The number of rotatable bonds is 5. The van der Waals surface area contributed by atoms with Gasteiger partial charge in [-0.25, -0.2) is 4.39 Å². The first kappa shape index (κ1) is 18.9. The van der Waals surface area contributed by atoms with Crippen molar-refractivity contribution in [3.63, 3.8) is 0 Å². The van der Waals surface area contributed by atoms with Crippen molar-refractivity contribution in [3.8, 4) is 0 Å². The second kappa shape index (κ2) is 8.60. The summed E-state index contributed by atoms with van der Waals surface area (Å²) in [5.41, 5.74) is 2.18. The first-order valence-electron chi connectivity index (χ1n) is 7.55. The monoisotopic (exact) mass is 364 g/mol. The number of nitrogens with one attached hydrogen (secondary N) is 2. The van der Waals surface area contributed by atoms with E-state index in [4.69, 9.17) is 16.3 Å². The van der Waals surface area contributed by atoms with Crippen molar-refractivity contribution in [2.75, 3.05) is 19.0 Å². The Morgan fingerprint density at radius 3 is 2.56 bits per heavy atom. The first-order valence-corrected chi connectivity index (χ1v) is 7.92. The number of benzene rings is 2. The van der Waals surface area contributed by atoms with Crippen LogP contribution in [-0.2, 0) is 14.3 Å². The van der Waals surface area contributed by atoms with Gasteiger partial charge in [-0.3, -0.25) is 9.59 Å². The predicted molar refractivity (Wildman–Crippen MR) is 94.0 cm³/mol. The van der Waals surface area contributed by atoms with Crippen LogP contribution in [0.4, 0.5) is 10.1 Å². The summed E-state index contributed by atoms with van der Waals surface area (Å²) in [4.78, 5) is 23.9. The highest BCUT2D eigenvalue weighted by Gasteiger charge is 2.18. The van der Waals surface area contributed by atoms with Crippen molar-refractivity contribution in [2.45, 2.75) is 13.0 Å². The molecule has 0 aliphatic heterocycles. The Bertz CT molecular complexity index is 783. The molecular weight excluding hydrogens is 347 g/mol. The van der Waals surface area contributed by atoms with Crippen molar-refractivity contribution in [3.05, 3.63) is 64.4 Å². The van der Waals surface area contributed by atoms with E-state index in [1.54, 1.807) is 0 Å².